The first-order valence-electron chi connectivity index (χ1n) is 8.74. The van der Waals surface area contributed by atoms with Crippen LogP contribution >= 0.6 is 0 Å². The molecule has 0 aromatic heterocycles. The number of hydrogen-bond donors (Lipinski definition) is 1. The van der Waals surface area contributed by atoms with Crippen molar-refractivity contribution in [3.05, 3.63) is 59.2 Å². The largest absolute Gasteiger partial charge is 0.497 e. The molecule has 2 aromatic rings. The fourth-order valence-corrected chi connectivity index (χ4v) is 3.18. The Bertz CT molecular complexity index is 1030. The Labute approximate surface area is 167 Å². The molecule has 0 radical (unpaired) electrons. The number of nitriles is 1. The van der Waals surface area contributed by atoms with Crippen LogP contribution in [0.25, 0.3) is 0 Å². The zero-order chi connectivity index (χ0) is 21.2. The molecule has 1 aliphatic rings. The zero-order valence-corrected chi connectivity index (χ0v) is 16.2. The lowest BCUT2D eigenvalue weighted by atomic mass is 9.91. The van der Waals surface area contributed by atoms with Crippen molar-refractivity contribution in [3.63, 3.8) is 0 Å². The van der Waals surface area contributed by atoms with Crippen LogP contribution < -0.4 is 14.8 Å². The average Bonchev–Trinajstić information content (AvgIpc) is 2.97. The molecule has 148 valence electrons. The number of carbonyl (C=O) groups excluding carboxylic acids is 3. The van der Waals surface area contributed by atoms with Gasteiger partial charge in [0, 0.05) is 0 Å². The minimum absolute atomic E-state index is 0.208. The highest BCUT2D eigenvalue weighted by atomic mass is 16.5. The zero-order valence-electron chi connectivity index (χ0n) is 16.2. The summed E-state index contributed by atoms with van der Waals surface area (Å²) in [6, 6.07) is 12.4. The molecule has 1 saturated heterocycles. The van der Waals surface area contributed by atoms with Gasteiger partial charge in [-0.15, -0.1) is 0 Å². The third-order valence-electron chi connectivity index (χ3n) is 4.88. The summed E-state index contributed by atoms with van der Waals surface area (Å²) in [6.07, 6.45) is 0. The van der Waals surface area contributed by atoms with Crippen molar-refractivity contribution in [1.29, 1.82) is 5.26 Å². The molecule has 0 bridgehead atoms. The summed E-state index contributed by atoms with van der Waals surface area (Å²) in [5.74, 6) is -0.248. The van der Waals surface area contributed by atoms with Crippen LogP contribution in [0.2, 0.25) is 0 Å². The molecule has 1 heterocycles. The number of rotatable bonds is 6. The molecule has 8 nitrogen and oxygen atoms in total. The first-order chi connectivity index (χ1) is 13.8. The van der Waals surface area contributed by atoms with Crippen molar-refractivity contribution in [2.24, 2.45) is 0 Å². The van der Waals surface area contributed by atoms with E-state index in [1.165, 1.54) is 20.3 Å². The fraction of sp³-hybridized carbons (Fsp3) is 0.238. The molecule has 0 aliphatic carbocycles. The Kier molecular flexibility index (Phi) is 5.24. The van der Waals surface area contributed by atoms with Crippen LogP contribution in [-0.2, 0) is 10.3 Å². The Balaban J connectivity index is 1.87. The van der Waals surface area contributed by atoms with Gasteiger partial charge in [0.05, 0.1) is 38.0 Å². The maximum atomic E-state index is 13.0. The number of amides is 3. The molecule has 1 fully saturated rings. The minimum Gasteiger partial charge on any atom is -0.497 e. The van der Waals surface area contributed by atoms with Crippen molar-refractivity contribution < 1.29 is 23.9 Å². The SMILES string of the molecule is COc1ccc(OC)c(C(=O)CN2C(=O)N[C@@](C)(c3ccc(C#N)cc3)C2=O)c1. The first kappa shape index (κ1) is 19.9. The van der Waals surface area contributed by atoms with Crippen LogP contribution in [0.15, 0.2) is 42.5 Å². The molecule has 0 unspecified atom stereocenters. The molecular formula is C21H19N3O5. The van der Waals surface area contributed by atoms with Crippen molar-refractivity contribution in [3.8, 4) is 17.6 Å². The number of ketones is 1. The van der Waals surface area contributed by atoms with Gasteiger partial charge in [-0.25, -0.2) is 4.79 Å². The van der Waals surface area contributed by atoms with Crippen molar-refractivity contribution >= 4 is 17.7 Å². The Hall–Kier alpha value is -3.86. The van der Waals surface area contributed by atoms with Gasteiger partial charge in [-0.3, -0.25) is 14.5 Å². The highest BCUT2D eigenvalue weighted by Crippen LogP contribution is 2.30. The Morgan fingerprint density at radius 1 is 1.14 bits per heavy atom. The van der Waals surface area contributed by atoms with Crippen LogP contribution in [0.3, 0.4) is 0 Å². The van der Waals surface area contributed by atoms with E-state index in [-0.39, 0.29) is 5.56 Å². The highest BCUT2D eigenvalue weighted by Gasteiger charge is 2.49. The first-order valence-corrected chi connectivity index (χ1v) is 8.74. The second kappa shape index (κ2) is 7.64. The summed E-state index contributed by atoms with van der Waals surface area (Å²) in [5.41, 5.74) is -0.168. The summed E-state index contributed by atoms with van der Waals surface area (Å²) in [6.45, 7) is 1.12. The quantitative estimate of drug-likeness (QED) is 0.595. The van der Waals surface area contributed by atoms with Gasteiger partial charge in [0.1, 0.15) is 17.0 Å². The summed E-state index contributed by atoms with van der Waals surface area (Å²) < 4.78 is 10.3. The number of ether oxygens (including phenoxy) is 2. The molecule has 0 saturated carbocycles. The van der Waals surface area contributed by atoms with E-state index in [0.717, 1.165) is 4.90 Å². The van der Waals surface area contributed by atoms with Crippen molar-refractivity contribution in [2.45, 2.75) is 12.5 Å². The van der Waals surface area contributed by atoms with Gasteiger partial charge in [0.25, 0.3) is 5.91 Å². The molecule has 1 atom stereocenters. The van der Waals surface area contributed by atoms with Gasteiger partial charge < -0.3 is 14.8 Å². The molecule has 1 N–H and O–H groups in total. The number of nitrogens with zero attached hydrogens (tertiary/aromatic N) is 2. The van der Waals surface area contributed by atoms with E-state index in [1.54, 1.807) is 43.3 Å². The normalized spacial score (nSPS) is 18.2. The van der Waals surface area contributed by atoms with E-state index in [0.29, 0.717) is 22.6 Å². The fourth-order valence-electron chi connectivity index (χ4n) is 3.18. The predicted molar refractivity (Wildman–Crippen MR) is 103 cm³/mol. The lowest BCUT2D eigenvalue weighted by Crippen LogP contribution is -2.41. The van der Waals surface area contributed by atoms with E-state index in [9.17, 15) is 14.4 Å². The number of carbonyl (C=O) groups is 3. The summed E-state index contributed by atoms with van der Waals surface area (Å²) >= 11 is 0. The van der Waals surface area contributed by atoms with E-state index < -0.39 is 29.8 Å². The van der Waals surface area contributed by atoms with Gasteiger partial charge >= 0.3 is 6.03 Å². The molecule has 29 heavy (non-hydrogen) atoms. The van der Waals surface area contributed by atoms with Crippen LogP contribution in [0.1, 0.15) is 28.4 Å². The van der Waals surface area contributed by atoms with E-state index in [4.69, 9.17) is 14.7 Å². The summed E-state index contributed by atoms with van der Waals surface area (Å²) in [5, 5.41) is 11.6. The number of hydrogen-bond acceptors (Lipinski definition) is 6. The standard InChI is InChI=1S/C21H19N3O5/c1-21(14-6-4-13(11-22)5-7-14)19(26)24(20(27)23-21)12-17(25)16-10-15(28-2)8-9-18(16)29-3/h4-10H,12H2,1-3H3,(H,23,27)/t21-/m0/s1. The molecule has 2 aromatic carbocycles. The van der Waals surface area contributed by atoms with Crippen LogP contribution in [-0.4, -0.2) is 43.4 Å². The molecule has 3 rings (SSSR count). The number of methoxy groups -OCH3 is 2. The van der Waals surface area contributed by atoms with Crippen molar-refractivity contribution in [2.75, 3.05) is 20.8 Å². The highest BCUT2D eigenvalue weighted by molar-refractivity contribution is 6.11. The predicted octanol–water partition coefficient (Wildman–Crippen LogP) is 2.23. The number of nitrogens with one attached hydrogen (secondary N) is 1. The number of benzene rings is 2. The van der Waals surface area contributed by atoms with Gasteiger partial charge in [0.2, 0.25) is 0 Å². The number of urea groups is 1. The van der Waals surface area contributed by atoms with Crippen LogP contribution in [0.4, 0.5) is 4.79 Å². The topological polar surface area (TPSA) is 109 Å². The Morgan fingerprint density at radius 2 is 1.83 bits per heavy atom. The lowest BCUT2D eigenvalue weighted by molar-refractivity contribution is -0.130. The van der Waals surface area contributed by atoms with Crippen LogP contribution in [0, 0.1) is 11.3 Å². The van der Waals surface area contributed by atoms with Gasteiger partial charge in [-0.05, 0) is 42.8 Å². The number of Topliss-reactive ketones (excluding diaryl/α,β-unsaturated/α-hetero) is 1. The van der Waals surface area contributed by atoms with Crippen LogP contribution in [0.5, 0.6) is 11.5 Å². The Morgan fingerprint density at radius 3 is 2.41 bits per heavy atom. The second-order valence-corrected chi connectivity index (χ2v) is 6.62. The van der Waals surface area contributed by atoms with E-state index >= 15 is 0 Å². The minimum atomic E-state index is -1.33. The molecule has 8 heteroatoms. The third kappa shape index (κ3) is 3.50. The summed E-state index contributed by atoms with van der Waals surface area (Å²) in [4.78, 5) is 39.2. The third-order valence-corrected chi connectivity index (χ3v) is 4.88. The molecule has 1 aliphatic heterocycles. The van der Waals surface area contributed by atoms with Gasteiger partial charge in [-0.2, -0.15) is 5.26 Å². The van der Waals surface area contributed by atoms with Crippen molar-refractivity contribution in [1.82, 2.24) is 10.2 Å². The maximum absolute atomic E-state index is 13.0. The van der Waals surface area contributed by atoms with Gasteiger partial charge in [0.15, 0.2) is 5.78 Å². The molecule has 0 spiro atoms. The van der Waals surface area contributed by atoms with E-state index in [2.05, 4.69) is 5.32 Å². The maximum Gasteiger partial charge on any atom is 0.325 e. The smallest absolute Gasteiger partial charge is 0.325 e. The lowest BCUT2D eigenvalue weighted by Gasteiger charge is -2.22. The monoisotopic (exact) mass is 393 g/mol. The average molecular weight is 393 g/mol. The summed E-state index contributed by atoms with van der Waals surface area (Å²) in [7, 11) is 2.89. The molecular weight excluding hydrogens is 374 g/mol. The number of imide groups is 1. The van der Waals surface area contributed by atoms with Gasteiger partial charge in [-0.1, -0.05) is 12.1 Å². The second-order valence-electron chi connectivity index (χ2n) is 6.62. The van der Waals surface area contributed by atoms with E-state index in [1.807, 2.05) is 6.07 Å². The molecule has 3 amide bonds.